The van der Waals surface area contributed by atoms with Crippen LogP contribution in [0.15, 0.2) is 30.5 Å². The molecule has 1 amide bonds. The van der Waals surface area contributed by atoms with Crippen LogP contribution >= 0.6 is 0 Å². The molecule has 1 aromatic heterocycles. The molecule has 2 aromatic rings. The number of carbonyl (C=O) groups excluding carboxylic acids is 1. The summed E-state index contributed by atoms with van der Waals surface area (Å²) in [6.45, 7) is 6.02. The van der Waals surface area contributed by atoms with Crippen molar-refractivity contribution < 1.29 is 27.1 Å². The minimum absolute atomic E-state index is 0.103. The molecule has 212 valence electrons. The highest BCUT2D eigenvalue weighted by atomic mass is 19.3. The van der Waals surface area contributed by atoms with Crippen LogP contribution in [0.5, 0.6) is 0 Å². The van der Waals surface area contributed by atoms with Crippen LogP contribution in [0.1, 0.15) is 75.8 Å². The van der Waals surface area contributed by atoms with Gasteiger partial charge in [0.15, 0.2) is 0 Å². The summed E-state index contributed by atoms with van der Waals surface area (Å²) in [7, 11) is 0. The smallest absolute Gasteiger partial charge is 0.270 e. The number of aromatic nitrogens is 1. The lowest BCUT2D eigenvalue weighted by Gasteiger charge is -2.42. The molecule has 0 bridgehead atoms. The fourth-order valence-electron chi connectivity index (χ4n) is 6.07. The summed E-state index contributed by atoms with van der Waals surface area (Å²) < 4.78 is 64.4. The van der Waals surface area contributed by atoms with E-state index in [0.29, 0.717) is 35.7 Å². The second-order valence-electron chi connectivity index (χ2n) is 11.5. The molecule has 2 atom stereocenters. The first-order valence-electron chi connectivity index (χ1n) is 14.1. The number of likely N-dealkylation sites (tertiary alicyclic amines) is 1. The van der Waals surface area contributed by atoms with Crippen molar-refractivity contribution in [3.05, 3.63) is 53.2 Å². The summed E-state index contributed by atoms with van der Waals surface area (Å²) in [5.74, 6) is -4.89. The fourth-order valence-corrected chi connectivity index (χ4v) is 6.07. The van der Waals surface area contributed by atoms with Crippen molar-refractivity contribution >= 4 is 5.91 Å². The molecule has 0 spiro atoms. The highest BCUT2D eigenvalue weighted by molar-refractivity contribution is 5.80. The predicted octanol–water partition coefficient (Wildman–Crippen LogP) is 6.01. The number of hydrogen-bond acceptors (Lipinski definition) is 4. The van der Waals surface area contributed by atoms with Gasteiger partial charge in [-0.3, -0.25) is 9.78 Å². The normalized spacial score (nSPS) is 24.2. The van der Waals surface area contributed by atoms with Crippen molar-refractivity contribution in [2.24, 2.45) is 0 Å². The summed E-state index contributed by atoms with van der Waals surface area (Å²) in [4.78, 5) is 20.0. The van der Waals surface area contributed by atoms with Crippen LogP contribution in [0.4, 0.5) is 17.6 Å². The molecule has 2 saturated carbocycles. The number of rotatable bonds is 8. The average molecular weight is 548 g/mol. The number of piperidine rings is 1. The Balaban J connectivity index is 1.31. The Kier molecular flexibility index (Phi) is 8.29. The van der Waals surface area contributed by atoms with E-state index in [1.807, 2.05) is 0 Å². The van der Waals surface area contributed by atoms with Crippen LogP contribution < -0.4 is 5.32 Å². The molecule has 3 fully saturated rings. The van der Waals surface area contributed by atoms with Crippen molar-refractivity contribution in [1.82, 2.24) is 15.2 Å². The monoisotopic (exact) mass is 547 g/mol. The Hall–Kier alpha value is -2.52. The van der Waals surface area contributed by atoms with Gasteiger partial charge in [0.1, 0.15) is 17.7 Å². The number of alkyl halides is 2. The summed E-state index contributed by atoms with van der Waals surface area (Å²) in [5.41, 5.74) is 2.13. The second-order valence-corrected chi connectivity index (χ2v) is 11.5. The molecule has 0 radical (unpaired) electrons. The molecule has 1 N–H and O–H groups in total. The summed E-state index contributed by atoms with van der Waals surface area (Å²) in [5, 5.41) is 2.62. The molecule has 5 nitrogen and oxygen atoms in total. The molecule has 3 aliphatic rings. The molecule has 2 aliphatic carbocycles. The van der Waals surface area contributed by atoms with E-state index in [-0.39, 0.29) is 24.9 Å². The van der Waals surface area contributed by atoms with Gasteiger partial charge in [0.2, 0.25) is 5.91 Å². The standard InChI is InChI=1S/C30H37F4N3O2/c1-18(2)37-12-8-24(9-13-37)39-25-4-3-10-30(33,34)29(25)36-26(38)16-20-7-11-35-28(27(20)19-5-6-19)21-14-22(31)17-23(32)15-21/h7,11,14-15,17-19,24-25,29H,3-6,8-10,12-13,16H2,1-2H3,(H,36,38)/t25-,29+/m0/s1. The molecule has 2 heterocycles. The molecule has 1 saturated heterocycles. The van der Waals surface area contributed by atoms with Crippen LogP contribution in [0.2, 0.25) is 0 Å². The number of halogens is 4. The SMILES string of the molecule is CC(C)N1CCC(O[C@H]2CCCC(F)(F)[C@@H]2NC(=O)Cc2ccnc(-c3cc(F)cc(F)c3)c2C2CC2)CC1. The Bertz CT molecular complexity index is 1160. The molecule has 9 heteroatoms. The van der Waals surface area contributed by atoms with Crippen molar-refractivity contribution in [2.45, 2.75) is 101 Å². The lowest BCUT2D eigenvalue weighted by atomic mass is 9.88. The number of amides is 1. The van der Waals surface area contributed by atoms with Crippen molar-refractivity contribution in [3.8, 4) is 11.3 Å². The van der Waals surface area contributed by atoms with Crippen molar-refractivity contribution in [2.75, 3.05) is 13.1 Å². The molecular formula is C30H37F4N3O2. The van der Waals surface area contributed by atoms with E-state index in [2.05, 4.69) is 29.0 Å². The lowest BCUT2D eigenvalue weighted by molar-refractivity contribution is -0.157. The Morgan fingerprint density at radius 3 is 2.44 bits per heavy atom. The zero-order valence-electron chi connectivity index (χ0n) is 22.6. The van der Waals surface area contributed by atoms with Gasteiger partial charge in [-0.1, -0.05) is 0 Å². The van der Waals surface area contributed by atoms with E-state index in [1.165, 1.54) is 18.3 Å². The van der Waals surface area contributed by atoms with E-state index >= 15 is 8.78 Å². The predicted molar refractivity (Wildman–Crippen MR) is 141 cm³/mol. The van der Waals surface area contributed by atoms with Crippen LogP contribution in [-0.2, 0) is 16.0 Å². The largest absolute Gasteiger partial charge is 0.373 e. The zero-order chi connectivity index (χ0) is 27.7. The van der Waals surface area contributed by atoms with E-state index in [0.717, 1.165) is 50.4 Å². The summed E-state index contributed by atoms with van der Waals surface area (Å²) in [6.07, 6.45) is 4.37. The minimum Gasteiger partial charge on any atom is -0.373 e. The highest BCUT2D eigenvalue weighted by Gasteiger charge is 2.49. The van der Waals surface area contributed by atoms with Gasteiger partial charge in [-0.2, -0.15) is 0 Å². The Morgan fingerprint density at radius 2 is 1.79 bits per heavy atom. The van der Waals surface area contributed by atoms with E-state index in [4.69, 9.17) is 4.74 Å². The maximum absolute atomic E-state index is 15.1. The van der Waals surface area contributed by atoms with Gasteiger partial charge in [0, 0.05) is 43.4 Å². The molecule has 1 aromatic carbocycles. The minimum atomic E-state index is -3.07. The number of nitrogens with zero attached hydrogens (tertiary/aromatic N) is 2. The van der Waals surface area contributed by atoms with Gasteiger partial charge in [-0.15, -0.1) is 0 Å². The summed E-state index contributed by atoms with van der Waals surface area (Å²) in [6, 6.07) is 3.97. The van der Waals surface area contributed by atoms with E-state index in [9.17, 15) is 13.6 Å². The number of pyridine rings is 1. The van der Waals surface area contributed by atoms with Crippen molar-refractivity contribution in [3.63, 3.8) is 0 Å². The maximum atomic E-state index is 15.1. The number of benzene rings is 1. The molecule has 5 rings (SSSR count). The third kappa shape index (κ3) is 6.62. The van der Waals surface area contributed by atoms with Gasteiger partial charge in [0.25, 0.3) is 5.92 Å². The van der Waals surface area contributed by atoms with Crippen molar-refractivity contribution in [1.29, 1.82) is 0 Å². The zero-order valence-corrected chi connectivity index (χ0v) is 22.6. The summed E-state index contributed by atoms with van der Waals surface area (Å²) >= 11 is 0. The van der Waals surface area contributed by atoms with Crippen LogP contribution in [0.25, 0.3) is 11.3 Å². The number of ether oxygens (including phenoxy) is 1. The van der Waals surface area contributed by atoms with E-state index < -0.39 is 35.6 Å². The van der Waals surface area contributed by atoms with Gasteiger partial charge in [-0.25, -0.2) is 17.6 Å². The first-order valence-corrected chi connectivity index (χ1v) is 14.1. The Morgan fingerprint density at radius 1 is 1.10 bits per heavy atom. The number of nitrogens with one attached hydrogen (secondary N) is 1. The lowest BCUT2D eigenvalue weighted by Crippen LogP contribution is -2.58. The van der Waals surface area contributed by atoms with Gasteiger partial charge in [-0.05, 0) is 87.6 Å². The Labute approximate surface area is 227 Å². The van der Waals surface area contributed by atoms with Gasteiger partial charge >= 0.3 is 0 Å². The first kappa shape index (κ1) is 28.0. The number of hydrogen-bond donors (Lipinski definition) is 1. The van der Waals surface area contributed by atoms with E-state index in [1.54, 1.807) is 6.07 Å². The van der Waals surface area contributed by atoms with Crippen LogP contribution in [0, 0.1) is 11.6 Å². The highest BCUT2D eigenvalue weighted by Crippen LogP contribution is 2.46. The maximum Gasteiger partial charge on any atom is 0.270 e. The molecule has 1 aliphatic heterocycles. The molecular weight excluding hydrogens is 510 g/mol. The fraction of sp³-hybridized carbons (Fsp3) is 0.600. The average Bonchev–Trinajstić information content (AvgIpc) is 3.71. The third-order valence-corrected chi connectivity index (χ3v) is 8.27. The van der Waals surface area contributed by atoms with Crippen LogP contribution in [-0.4, -0.2) is 59.1 Å². The second kappa shape index (κ2) is 11.5. The van der Waals surface area contributed by atoms with Gasteiger partial charge < -0.3 is 15.0 Å². The van der Waals surface area contributed by atoms with Gasteiger partial charge in [0.05, 0.1) is 24.3 Å². The molecule has 0 unspecified atom stereocenters. The molecule has 39 heavy (non-hydrogen) atoms. The van der Waals surface area contributed by atoms with Crippen LogP contribution in [0.3, 0.4) is 0 Å². The number of carbonyl (C=O) groups is 1. The third-order valence-electron chi connectivity index (χ3n) is 8.27. The quantitative estimate of drug-likeness (QED) is 0.412. The first-order chi connectivity index (χ1) is 18.6. The topological polar surface area (TPSA) is 54.5 Å².